The van der Waals surface area contributed by atoms with Gasteiger partial charge in [0.2, 0.25) is 17.4 Å². The van der Waals surface area contributed by atoms with E-state index >= 15 is 0 Å². The van der Waals surface area contributed by atoms with Gasteiger partial charge < -0.3 is 35.3 Å². The predicted molar refractivity (Wildman–Crippen MR) is 249 cm³/mol. The van der Waals surface area contributed by atoms with Crippen LogP contribution >= 0.6 is 0 Å². The number of para-hydroxylation sites is 1. The molecule has 0 radical (unpaired) electrons. The fraction of sp³-hybridized carbons (Fsp3) is 0.294. The van der Waals surface area contributed by atoms with Gasteiger partial charge in [-0.1, -0.05) is 91.0 Å². The van der Waals surface area contributed by atoms with Crippen molar-refractivity contribution in [3.8, 4) is 16.9 Å². The molecule has 0 bridgehead atoms. The molecule has 6 aromatic rings. The van der Waals surface area contributed by atoms with E-state index in [-0.39, 0.29) is 41.7 Å². The number of nitrogens with zero attached hydrogens (tertiary/aromatic N) is 2. The van der Waals surface area contributed by atoms with Crippen molar-refractivity contribution in [1.29, 1.82) is 0 Å². The topological polar surface area (TPSA) is 156 Å². The molecule has 326 valence electrons. The molecular formula is C51H56N6O6. The lowest BCUT2D eigenvalue weighted by Crippen LogP contribution is -2.40. The Labute approximate surface area is 368 Å². The number of likely N-dealkylation sites (tertiary alicyclic amines) is 1. The number of phenolic OH excluding ortho intramolecular Hbond substituents is 1. The Bertz CT molecular complexity index is 2550. The molecular weight excluding hydrogens is 793 g/mol. The van der Waals surface area contributed by atoms with Crippen LogP contribution in [-0.4, -0.2) is 78.3 Å². The number of carbonyl (C=O) groups excluding carboxylic acids is 3. The van der Waals surface area contributed by atoms with Crippen molar-refractivity contribution in [2.45, 2.75) is 64.1 Å². The molecule has 0 saturated carbocycles. The van der Waals surface area contributed by atoms with E-state index in [4.69, 9.17) is 4.74 Å². The Morgan fingerprint density at radius 3 is 2.40 bits per heavy atom. The van der Waals surface area contributed by atoms with E-state index in [1.54, 1.807) is 24.1 Å². The number of aromatic amines is 1. The molecule has 12 nitrogen and oxygen atoms in total. The molecule has 2 heterocycles. The van der Waals surface area contributed by atoms with Crippen LogP contribution in [-0.2, 0) is 40.1 Å². The van der Waals surface area contributed by atoms with Gasteiger partial charge in [0, 0.05) is 68.4 Å². The molecule has 12 heteroatoms. The van der Waals surface area contributed by atoms with Gasteiger partial charge in [0.1, 0.15) is 11.9 Å². The van der Waals surface area contributed by atoms with E-state index in [9.17, 15) is 24.3 Å². The highest BCUT2D eigenvalue weighted by atomic mass is 16.6. The van der Waals surface area contributed by atoms with Gasteiger partial charge in [-0.25, -0.2) is 4.79 Å². The molecule has 5 N–H and O–H groups in total. The number of nitrogens with one attached hydrogen (secondary N) is 4. The molecule has 0 aliphatic carbocycles. The highest BCUT2D eigenvalue weighted by Gasteiger charge is 2.24. The van der Waals surface area contributed by atoms with Crippen LogP contribution in [0.2, 0.25) is 0 Å². The van der Waals surface area contributed by atoms with Crippen molar-refractivity contribution in [3.63, 3.8) is 0 Å². The van der Waals surface area contributed by atoms with Gasteiger partial charge in [0.05, 0.1) is 17.6 Å². The molecule has 3 amide bonds. The van der Waals surface area contributed by atoms with E-state index in [2.05, 4.69) is 44.9 Å². The van der Waals surface area contributed by atoms with Crippen LogP contribution in [0.3, 0.4) is 0 Å². The second-order valence-electron chi connectivity index (χ2n) is 16.3. The van der Waals surface area contributed by atoms with Crippen molar-refractivity contribution in [2.24, 2.45) is 0 Å². The van der Waals surface area contributed by atoms with Crippen molar-refractivity contribution < 1.29 is 24.2 Å². The van der Waals surface area contributed by atoms with Gasteiger partial charge in [-0.3, -0.25) is 19.7 Å². The summed E-state index contributed by atoms with van der Waals surface area (Å²) in [4.78, 5) is 57.3. The lowest BCUT2D eigenvalue weighted by molar-refractivity contribution is -0.120. The summed E-state index contributed by atoms with van der Waals surface area (Å²) in [6, 6.07) is 40.3. The lowest BCUT2D eigenvalue weighted by atomic mass is 10.0. The average molecular weight is 849 g/mol. The Morgan fingerprint density at radius 1 is 0.857 bits per heavy atom. The Morgan fingerprint density at radius 2 is 1.60 bits per heavy atom. The first-order valence-corrected chi connectivity index (χ1v) is 21.7. The highest BCUT2D eigenvalue weighted by molar-refractivity contribution is 5.93. The van der Waals surface area contributed by atoms with Crippen molar-refractivity contribution in [2.75, 3.05) is 43.4 Å². The summed E-state index contributed by atoms with van der Waals surface area (Å²) in [5.74, 6) is 0.00536. The van der Waals surface area contributed by atoms with Gasteiger partial charge in [-0.15, -0.1) is 0 Å². The summed E-state index contributed by atoms with van der Waals surface area (Å²) in [7, 11) is 1.78. The quantitative estimate of drug-likeness (QED) is 0.0629. The summed E-state index contributed by atoms with van der Waals surface area (Å²) < 4.78 is 5.78. The minimum absolute atomic E-state index is 0.0145. The number of hydrogen-bond acceptors (Lipinski definition) is 8. The molecule has 1 saturated heterocycles. The van der Waals surface area contributed by atoms with Crippen LogP contribution in [0.5, 0.6) is 5.75 Å². The maximum Gasteiger partial charge on any atom is 0.411 e. The number of pyridine rings is 1. The zero-order valence-corrected chi connectivity index (χ0v) is 35.9. The summed E-state index contributed by atoms with van der Waals surface area (Å²) in [5, 5.41) is 20.5. The van der Waals surface area contributed by atoms with Crippen LogP contribution in [0.1, 0.15) is 48.4 Å². The number of aromatic hydroxyl groups is 1. The fourth-order valence-electron chi connectivity index (χ4n) is 8.11. The zero-order chi connectivity index (χ0) is 44.1. The third-order valence-electron chi connectivity index (χ3n) is 11.6. The minimum Gasteiger partial charge on any atom is -0.506 e. The number of carbonyl (C=O) groups is 3. The number of benzene rings is 5. The number of piperidine rings is 1. The number of amides is 3. The van der Waals surface area contributed by atoms with Crippen LogP contribution in [0.4, 0.5) is 16.2 Å². The SMILES string of the molecule is CC(Cc1cccc(CC(=O)NCc2ccc(N(C)C(=O)CCN3CCC(OC(=O)Nc4ccccc4-c4ccccc4)CC3)cc2)c1)NCCc1ccc(O)c2[nH]c(=O)ccc12. The first-order valence-electron chi connectivity index (χ1n) is 21.7. The number of rotatable bonds is 17. The third kappa shape index (κ3) is 12.4. The van der Waals surface area contributed by atoms with Gasteiger partial charge in [-0.2, -0.15) is 0 Å². The maximum atomic E-state index is 13.2. The standard InChI is InChI=1S/C51H56N6O6/c1-35(52-27-23-40-17-21-46(58)50-44(40)20-22-47(59)55-50)31-37-9-8-10-38(32-37)33-48(60)53-34-36-15-18-41(19-16-36)56(2)49(61)26-30-57-28-24-42(25-29-57)63-51(62)54-45-14-7-6-13-43(45)39-11-4-3-5-12-39/h3-22,32,35,42,52,58H,23-31,33-34H2,1-2H3,(H,53,60)(H,54,62)(H,55,59). The zero-order valence-electron chi connectivity index (χ0n) is 35.9. The summed E-state index contributed by atoms with van der Waals surface area (Å²) in [5.41, 5.74) is 7.71. The second-order valence-corrected chi connectivity index (χ2v) is 16.3. The third-order valence-corrected chi connectivity index (χ3v) is 11.6. The van der Waals surface area contributed by atoms with Gasteiger partial charge in [-0.05, 0) is 97.3 Å². The number of ether oxygens (including phenoxy) is 1. The average Bonchev–Trinajstić information content (AvgIpc) is 3.29. The molecule has 0 spiro atoms. The first kappa shape index (κ1) is 44.3. The Kier molecular flexibility index (Phi) is 15.0. The number of aromatic nitrogens is 1. The first-order chi connectivity index (χ1) is 30.6. The lowest BCUT2D eigenvalue weighted by Gasteiger charge is -2.31. The Balaban J connectivity index is 0.783. The van der Waals surface area contributed by atoms with Crippen molar-refractivity contribution in [3.05, 3.63) is 160 Å². The smallest absolute Gasteiger partial charge is 0.411 e. The number of phenols is 1. The normalized spacial score (nSPS) is 13.6. The molecule has 63 heavy (non-hydrogen) atoms. The fourth-order valence-corrected chi connectivity index (χ4v) is 8.11. The van der Waals surface area contributed by atoms with Crippen molar-refractivity contribution in [1.82, 2.24) is 20.5 Å². The van der Waals surface area contributed by atoms with Crippen LogP contribution in [0.15, 0.2) is 132 Å². The van der Waals surface area contributed by atoms with E-state index < -0.39 is 6.09 Å². The van der Waals surface area contributed by atoms with Gasteiger partial charge in [0.15, 0.2) is 0 Å². The molecule has 1 fully saturated rings. The van der Waals surface area contributed by atoms with Gasteiger partial charge >= 0.3 is 6.09 Å². The molecule has 1 atom stereocenters. The monoisotopic (exact) mass is 848 g/mol. The maximum absolute atomic E-state index is 13.2. The highest BCUT2D eigenvalue weighted by Crippen LogP contribution is 2.28. The molecule has 1 aliphatic rings. The van der Waals surface area contributed by atoms with E-state index in [1.165, 1.54) is 6.07 Å². The molecule has 1 unspecified atom stereocenters. The van der Waals surface area contributed by atoms with Crippen molar-refractivity contribution >= 4 is 40.2 Å². The Hall–Kier alpha value is -6.76. The number of hydrogen-bond donors (Lipinski definition) is 5. The van der Waals surface area contributed by atoms with Crippen LogP contribution in [0, 0.1) is 0 Å². The number of anilines is 2. The predicted octanol–water partition coefficient (Wildman–Crippen LogP) is 7.59. The molecule has 7 rings (SSSR count). The number of H-pyrrole nitrogens is 1. The largest absolute Gasteiger partial charge is 0.506 e. The molecule has 5 aromatic carbocycles. The summed E-state index contributed by atoms with van der Waals surface area (Å²) in [6.07, 6.45) is 2.93. The van der Waals surface area contributed by atoms with E-state index in [1.807, 2.05) is 97.1 Å². The van der Waals surface area contributed by atoms with E-state index in [0.29, 0.717) is 43.6 Å². The molecule has 1 aromatic heterocycles. The molecule has 1 aliphatic heterocycles. The van der Waals surface area contributed by atoms with E-state index in [0.717, 1.165) is 76.9 Å². The van der Waals surface area contributed by atoms with Crippen LogP contribution < -0.4 is 26.4 Å². The minimum atomic E-state index is -0.462. The second kappa shape index (κ2) is 21.4. The number of fused-ring (bicyclic) bond motifs is 1. The summed E-state index contributed by atoms with van der Waals surface area (Å²) >= 11 is 0. The summed E-state index contributed by atoms with van der Waals surface area (Å²) in [6.45, 7) is 5.35. The van der Waals surface area contributed by atoms with Gasteiger partial charge in [0.25, 0.3) is 0 Å². The van der Waals surface area contributed by atoms with Crippen LogP contribution in [0.25, 0.3) is 22.0 Å².